The van der Waals surface area contributed by atoms with Crippen LogP contribution in [0.5, 0.6) is 0 Å². The molecule has 0 aromatic heterocycles. The lowest BCUT2D eigenvalue weighted by molar-refractivity contribution is -0.162. The minimum atomic E-state index is -0.0365. The molecule has 1 saturated heterocycles. The molecule has 1 aliphatic heterocycles. The number of carbonyl (C=O) groups is 1. The average Bonchev–Trinajstić information content (AvgIpc) is 1.84. The van der Waals surface area contributed by atoms with Crippen LogP contribution in [0.15, 0.2) is 0 Å². The van der Waals surface area contributed by atoms with Gasteiger partial charge >= 0.3 is 5.97 Å². The van der Waals surface area contributed by atoms with Crippen LogP contribution in [0.4, 0.5) is 0 Å². The summed E-state index contributed by atoms with van der Waals surface area (Å²) >= 11 is 0. The SMILES string of the molecule is CC1C[C@@H](C)[C@@H](C)OC1=O. The van der Waals surface area contributed by atoms with E-state index in [0.717, 1.165) is 6.42 Å². The summed E-state index contributed by atoms with van der Waals surface area (Å²) in [6.45, 7) is 5.99. The molecule has 0 N–H and O–H groups in total. The maximum absolute atomic E-state index is 10.9. The Labute approximate surface area is 61.6 Å². The van der Waals surface area contributed by atoms with E-state index in [-0.39, 0.29) is 18.0 Å². The number of carbonyl (C=O) groups excluding carboxylic acids is 1. The number of hydrogen-bond acceptors (Lipinski definition) is 2. The van der Waals surface area contributed by atoms with E-state index < -0.39 is 0 Å². The van der Waals surface area contributed by atoms with Gasteiger partial charge in [0.05, 0.1) is 5.92 Å². The summed E-state index contributed by atoms with van der Waals surface area (Å²) in [4.78, 5) is 10.9. The van der Waals surface area contributed by atoms with Crippen LogP contribution in [0.2, 0.25) is 0 Å². The Balaban J connectivity index is 2.54. The van der Waals surface area contributed by atoms with E-state index in [9.17, 15) is 4.79 Å². The third kappa shape index (κ3) is 1.31. The van der Waals surface area contributed by atoms with Crippen LogP contribution < -0.4 is 0 Å². The summed E-state index contributed by atoms with van der Waals surface area (Å²) < 4.78 is 5.07. The lowest BCUT2D eigenvalue weighted by Gasteiger charge is -2.29. The first-order chi connectivity index (χ1) is 4.61. The van der Waals surface area contributed by atoms with E-state index in [4.69, 9.17) is 4.74 Å². The molecule has 10 heavy (non-hydrogen) atoms. The zero-order valence-electron chi connectivity index (χ0n) is 6.76. The lowest BCUT2D eigenvalue weighted by Crippen LogP contribution is -2.33. The molecule has 3 atom stereocenters. The molecule has 1 unspecified atom stereocenters. The molecule has 1 fully saturated rings. The first-order valence-electron chi connectivity index (χ1n) is 3.81. The molecule has 0 aromatic carbocycles. The van der Waals surface area contributed by atoms with Gasteiger partial charge in [0.1, 0.15) is 6.10 Å². The standard InChI is InChI=1S/C8H14O2/c1-5-4-6(2)8(9)10-7(5)3/h5-7H,4H2,1-3H3/t5-,6?,7-/m1/s1. The van der Waals surface area contributed by atoms with Gasteiger partial charge in [-0.1, -0.05) is 13.8 Å². The van der Waals surface area contributed by atoms with Crippen molar-refractivity contribution in [2.75, 3.05) is 0 Å². The Morgan fingerprint density at radius 2 is 2.00 bits per heavy atom. The first kappa shape index (κ1) is 7.58. The average molecular weight is 142 g/mol. The Hall–Kier alpha value is -0.530. The molecule has 0 amide bonds. The van der Waals surface area contributed by atoms with Crippen molar-refractivity contribution >= 4 is 5.97 Å². The van der Waals surface area contributed by atoms with Crippen LogP contribution in [-0.2, 0) is 9.53 Å². The fourth-order valence-electron chi connectivity index (χ4n) is 1.26. The van der Waals surface area contributed by atoms with Crippen molar-refractivity contribution in [3.63, 3.8) is 0 Å². The molecule has 1 aliphatic rings. The third-order valence-corrected chi connectivity index (χ3v) is 2.23. The van der Waals surface area contributed by atoms with Crippen molar-refractivity contribution < 1.29 is 9.53 Å². The van der Waals surface area contributed by atoms with Crippen LogP contribution >= 0.6 is 0 Å². The third-order valence-electron chi connectivity index (χ3n) is 2.23. The van der Waals surface area contributed by atoms with Crippen molar-refractivity contribution in [1.82, 2.24) is 0 Å². The summed E-state index contributed by atoms with van der Waals surface area (Å²) in [5.74, 6) is 0.587. The zero-order valence-corrected chi connectivity index (χ0v) is 6.76. The van der Waals surface area contributed by atoms with Gasteiger partial charge in [-0.25, -0.2) is 0 Å². The number of rotatable bonds is 0. The summed E-state index contributed by atoms with van der Waals surface area (Å²) in [7, 11) is 0. The Morgan fingerprint density at radius 1 is 1.40 bits per heavy atom. The zero-order chi connectivity index (χ0) is 7.72. The monoisotopic (exact) mass is 142 g/mol. The number of esters is 1. The van der Waals surface area contributed by atoms with Crippen LogP contribution in [0, 0.1) is 11.8 Å². The summed E-state index contributed by atoms with van der Waals surface area (Å²) in [6, 6.07) is 0. The maximum Gasteiger partial charge on any atom is 0.308 e. The highest BCUT2D eigenvalue weighted by atomic mass is 16.5. The molecule has 0 radical (unpaired) electrons. The van der Waals surface area contributed by atoms with E-state index >= 15 is 0 Å². The highest BCUT2D eigenvalue weighted by Crippen LogP contribution is 2.24. The van der Waals surface area contributed by atoms with Crippen molar-refractivity contribution in [3.8, 4) is 0 Å². The van der Waals surface area contributed by atoms with Crippen molar-refractivity contribution in [1.29, 1.82) is 0 Å². The van der Waals surface area contributed by atoms with Gasteiger partial charge in [-0.15, -0.1) is 0 Å². The predicted octanol–water partition coefficient (Wildman–Crippen LogP) is 1.59. The molecule has 0 aromatic rings. The number of ether oxygens (including phenoxy) is 1. The van der Waals surface area contributed by atoms with Gasteiger partial charge in [0.15, 0.2) is 0 Å². The molecular weight excluding hydrogens is 128 g/mol. The largest absolute Gasteiger partial charge is 0.462 e. The molecule has 2 nitrogen and oxygen atoms in total. The first-order valence-corrected chi connectivity index (χ1v) is 3.81. The Kier molecular flexibility index (Phi) is 1.97. The fraction of sp³-hybridized carbons (Fsp3) is 0.875. The van der Waals surface area contributed by atoms with Gasteiger partial charge in [-0.2, -0.15) is 0 Å². The van der Waals surface area contributed by atoms with Gasteiger partial charge in [-0.05, 0) is 19.3 Å². The lowest BCUT2D eigenvalue weighted by atomic mass is 9.91. The fourth-order valence-corrected chi connectivity index (χ4v) is 1.26. The number of cyclic esters (lactones) is 1. The molecule has 0 aliphatic carbocycles. The van der Waals surface area contributed by atoms with Gasteiger partial charge in [0.2, 0.25) is 0 Å². The topological polar surface area (TPSA) is 26.3 Å². The molecule has 1 heterocycles. The summed E-state index contributed by atoms with van der Waals surface area (Å²) in [5.41, 5.74) is 0. The second-order valence-electron chi connectivity index (χ2n) is 3.26. The minimum absolute atomic E-state index is 0.0365. The number of hydrogen-bond donors (Lipinski definition) is 0. The maximum atomic E-state index is 10.9. The molecule has 0 bridgehead atoms. The van der Waals surface area contributed by atoms with Gasteiger partial charge < -0.3 is 4.74 Å². The highest BCUT2D eigenvalue weighted by Gasteiger charge is 2.29. The quantitative estimate of drug-likeness (QED) is 0.480. The Bertz CT molecular complexity index is 142. The summed E-state index contributed by atoms with van der Waals surface area (Å²) in [6.07, 6.45) is 1.09. The molecule has 0 saturated carbocycles. The highest BCUT2D eigenvalue weighted by molar-refractivity contribution is 5.72. The normalized spacial score (nSPS) is 41.1. The van der Waals surface area contributed by atoms with E-state index in [1.54, 1.807) is 0 Å². The second-order valence-corrected chi connectivity index (χ2v) is 3.26. The van der Waals surface area contributed by atoms with Crippen molar-refractivity contribution in [2.24, 2.45) is 11.8 Å². The smallest absolute Gasteiger partial charge is 0.308 e. The second kappa shape index (κ2) is 2.60. The van der Waals surface area contributed by atoms with Crippen molar-refractivity contribution in [2.45, 2.75) is 33.3 Å². The van der Waals surface area contributed by atoms with E-state index in [1.807, 2.05) is 13.8 Å². The van der Waals surface area contributed by atoms with Crippen LogP contribution in [0.1, 0.15) is 27.2 Å². The van der Waals surface area contributed by atoms with Crippen LogP contribution in [0.3, 0.4) is 0 Å². The van der Waals surface area contributed by atoms with E-state index in [1.165, 1.54) is 0 Å². The van der Waals surface area contributed by atoms with Gasteiger partial charge in [-0.3, -0.25) is 4.79 Å². The molecule has 2 heteroatoms. The van der Waals surface area contributed by atoms with E-state index in [2.05, 4.69) is 6.92 Å². The minimum Gasteiger partial charge on any atom is -0.462 e. The van der Waals surface area contributed by atoms with Crippen molar-refractivity contribution in [3.05, 3.63) is 0 Å². The predicted molar refractivity (Wildman–Crippen MR) is 38.5 cm³/mol. The summed E-state index contributed by atoms with van der Waals surface area (Å²) in [5, 5.41) is 0. The molecule has 58 valence electrons. The molecular formula is C8H14O2. The van der Waals surface area contributed by atoms with Gasteiger partial charge in [0, 0.05) is 0 Å². The molecule has 0 spiro atoms. The van der Waals surface area contributed by atoms with Crippen LogP contribution in [-0.4, -0.2) is 12.1 Å². The molecule has 1 rings (SSSR count). The Morgan fingerprint density at radius 3 is 2.50 bits per heavy atom. The van der Waals surface area contributed by atoms with Gasteiger partial charge in [0.25, 0.3) is 0 Å². The van der Waals surface area contributed by atoms with Crippen LogP contribution in [0.25, 0.3) is 0 Å². The van der Waals surface area contributed by atoms with E-state index in [0.29, 0.717) is 5.92 Å².